The minimum Gasteiger partial charge on any atom is -0.302 e. The van der Waals surface area contributed by atoms with Gasteiger partial charge >= 0.3 is 0 Å². The number of rotatable bonds is 7. The van der Waals surface area contributed by atoms with Gasteiger partial charge in [0.25, 0.3) is 0 Å². The Balaban J connectivity index is 3.32. The van der Waals surface area contributed by atoms with E-state index in [0.29, 0.717) is 19.6 Å². The quantitative estimate of drug-likeness (QED) is 0.470. The lowest BCUT2D eigenvalue weighted by molar-refractivity contribution is 0.0514. The molecule has 0 saturated carbocycles. The average Bonchev–Trinajstić information content (AvgIpc) is 2.04. The van der Waals surface area contributed by atoms with Crippen molar-refractivity contribution in [1.29, 1.82) is 0 Å². The van der Waals surface area contributed by atoms with Gasteiger partial charge in [0.2, 0.25) is 0 Å². The first kappa shape index (κ1) is 11.9. The van der Waals surface area contributed by atoms with Gasteiger partial charge in [-0.15, -0.1) is 0 Å². The Morgan fingerprint density at radius 2 is 2.00 bits per heavy atom. The second kappa shape index (κ2) is 6.39. The van der Waals surface area contributed by atoms with Crippen LogP contribution in [0.4, 0.5) is 0 Å². The Labute approximate surface area is 74.2 Å². The highest BCUT2D eigenvalue weighted by molar-refractivity contribution is 7.91. The van der Waals surface area contributed by atoms with Crippen LogP contribution < -0.4 is 5.48 Å². The van der Waals surface area contributed by atoms with Crippen LogP contribution in [0.3, 0.4) is 0 Å². The molecule has 0 unspecified atom stereocenters. The molecule has 0 bridgehead atoms. The minimum absolute atomic E-state index is 0.224. The van der Waals surface area contributed by atoms with E-state index in [1.807, 2.05) is 6.92 Å². The number of hydrogen-bond acceptors (Lipinski definition) is 4. The van der Waals surface area contributed by atoms with Crippen LogP contribution in [0.15, 0.2) is 0 Å². The Morgan fingerprint density at radius 3 is 2.50 bits per heavy atom. The van der Waals surface area contributed by atoms with Crippen molar-refractivity contribution in [3.63, 3.8) is 0 Å². The van der Waals surface area contributed by atoms with Gasteiger partial charge in [-0.05, 0) is 13.3 Å². The van der Waals surface area contributed by atoms with Gasteiger partial charge in [-0.2, -0.15) is 0 Å². The molecule has 0 saturated heterocycles. The molecule has 0 amide bonds. The highest BCUT2D eigenvalue weighted by atomic mass is 32.2. The topological polar surface area (TPSA) is 55.4 Å². The molecule has 0 aliphatic rings. The lowest BCUT2D eigenvalue weighted by Crippen LogP contribution is -2.19. The molecule has 0 aliphatic heterocycles. The molecular weight excluding hydrogens is 178 g/mol. The summed E-state index contributed by atoms with van der Waals surface area (Å²) >= 11 is 0. The third-order valence-electron chi connectivity index (χ3n) is 1.42. The first-order valence-electron chi connectivity index (χ1n) is 4.17. The van der Waals surface area contributed by atoms with Crippen LogP contribution >= 0.6 is 0 Å². The molecule has 0 spiro atoms. The molecule has 12 heavy (non-hydrogen) atoms. The smallest absolute Gasteiger partial charge is 0.150 e. The molecule has 1 N–H and O–H groups in total. The van der Waals surface area contributed by atoms with Crippen molar-refractivity contribution in [3.05, 3.63) is 0 Å². The maximum absolute atomic E-state index is 11.0. The van der Waals surface area contributed by atoms with E-state index in [0.717, 1.165) is 0 Å². The second-order valence-corrected chi connectivity index (χ2v) is 4.89. The highest BCUT2D eigenvalue weighted by Gasteiger charge is 2.05. The molecule has 0 aromatic heterocycles. The number of hydroxylamine groups is 1. The summed E-state index contributed by atoms with van der Waals surface area (Å²) in [6.07, 6.45) is 0.607. The lowest BCUT2D eigenvalue weighted by Gasteiger charge is -2.02. The molecule has 0 heterocycles. The van der Waals surface area contributed by atoms with Crippen LogP contribution in [0.2, 0.25) is 0 Å². The summed E-state index contributed by atoms with van der Waals surface area (Å²) in [7, 11) is -2.80. The Morgan fingerprint density at radius 1 is 1.33 bits per heavy atom. The maximum Gasteiger partial charge on any atom is 0.150 e. The van der Waals surface area contributed by atoms with E-state index in [4.69, 9.17) is 4.84 Å². The molecule has 0 radical (unpaired) electrons. The standard InChI is InChI=1S/C7H17NO3S/c1-3-11-8-6-5-7-12(9,10)4-2/h8H,3-7H2,1-2H3. The van der Waals surface area contributed by atoms with E-state index in [-0.39, 0.29) is 11.5 Å². The number of hydrogen-bond donors (Lipinski definition) is 1. The van der Waals surface area contributed by atoms with Crippen LogP contribution in [0.25, 0.3) is 0 Å². The fraction of sp³-hybridized carbons (Fsp3) is 1.00. The summed E-state index contributed by atoms with van der Waals surface area (Å²) in [6.45, 7) is 4.72. The monoisotopic (exact) mass is 195 g/mol. The zero-order valence-electron chi connectivity index (χ0n) is 7.67. The van der Waals surface area contributed by atoms with Crippen molar-refractivity contribution >= 4 is 9.84 Å². The first-order chi connectivity index (χ1) is 5.62. The van der Waals surface area contributed by atoms with Gasteiger partial charge < -0.3 is 4.84 Å². The predicted molar refractivity (Wildman–Crippen MR) is 48.6 cm³/mol. The summed E-state index contributed by atoms with van der Waals surface area (Å²) in [5, 5.41) is 0. The van der Waals surface area contributed by atoms with Gasteiger partial charge in [-0.3, -0.25) is 0 Å². The SMILES string of the molecule is CCONCCCS(=O)(=O)CC. The van der Waals surface area contributed by atoms with E-state index in [9.17, 15) is 8.42 Å². The van der Waals surface area contributed by atoms with Gasteiger partial charge in [-0.25, -0.2) is 13.9 Å². The van der Waals surface area contributed by atoms with Crippen LogP contribution in [-0.4, -0.2) is 33.1 Å². The van der Waals surface area contributed by atoms with Gasteiger partial charge in [0, 0.05) is 12.3 Å². The van der Waals surface area contributed by atoms with E-state index >= 15 is 0 Å². The molecule has 0 aromatic rings. The van der Waals surface area contributed by atoms with Crippen molar-refractivity contribution in [1.82, 2.24) is 5.48 Å². The van der Waals surface area contributed by atoms with Crippen LogP contribution in [-0.2, 0) is 14.7 Å². The lowest BCUT2D eigenvalue weighted by atomic mass is 10.5. The maximum atomic E-state index is 11.0. The van der Waals surface area contributed by atoms with Crippen LogP contribution in [0.5, 0.6) is 0 Å². The van der Waals surface area contributed by atoms with Crippen molar-refractivity contribution in [2.75, 3.05) is 24.7 Å². The van der Waals surface area contributed by atoms with E-state index in [1.165, 1.54) is 0 Å². The average molecular weight is 195 g/mol. The number of sulfone groups is 1. The van der Waals surface area contributed by atoms with Crippen LogP contribution in [0.1, 0.15) is 20.3 Å². The zero-order valence-corrected chi connectivity index (χ0v) is 8.49. The van der Waals surface area contributed by atoms with Gasteiger partial charge in [-0.1, -0.05) is 6.92 Å². The zero-order chi connectivity index (χ0) is 9.45. The van der Waals surface area contributed by atoms with Crippen molar-refractivity contribution in [2.24, 2.45) is 0 Å². The summed E-state index contributed by atoms with van der Waals surface area (Å²) in [5.41, 5.74) is 2.67. The summed E-state index contributed by atoms with van der Waals surface area (Å²) < 4.78 is 21.9. The van der Waals surface area contributed by atoms with Gasteiger partial charge in [0.15, 0.2) is 0 Å². The molecule has 0 atom stereocenters. The number of nitrogens with one attached hydrogen (secondary N) is 1. The summed E-state index contributed by atoms with van der Waals surface area (Å²) in [4.78, 5) is 4.84. The van der Waals surface area contributed by atoms with E-state index < -0.39 is 9.84 Å². The molecule has 0 fully saturated rings. The molecular formula is C7H17NO3S. The van der Waals surface area contributed by atoms with Crippen molar-refractivity contribution < 1.29 is 13.3 Å². The fourth-order valence-electron chi connectivity index (χ4n) is 0.683. The van der Waals surface area contributed by atoms with Gasteiger partial charge in [0.1, 0.15) is 9.84 Å². The summed E-state index contributed by atoms with van der Waals surface area (Å²) in [6, 6.07) is 0. The Bertz CT molecular complexity index is 189. The largest absolute Gasteiger partial charge is 0.302 e. The summed E-state index contributed by atoms with van der Waals surface area (Å²) in [5.74, 6) is 0.464. The first-order valence-corrected chi connectivity index (χ1v) is 5.99. The Kier molecular flexibility index (Phi) is 6.32. The molecule has 4 nitrogen and oxygen atoms in total. The third kappa shape index (κ3) is 6.57. The minimum atomic E-state index is -2.80. The van der Waals surface area contributed by atoms with E-state index in [2.05, 4.69) is 5.48 Å². The van der Waals surface area contributed by atoms with Crippen molar-refractivity contribution in [2.45, 2.75) is 20.3 Å². The molecule has 0 aromatic carbocycles. The fourth-order valence-corrected chi connectivity index (χ4v) is 1.56. The molecule has 0 aliphatic carbocycles. The van der Waals surface area contributed by atoms with Crippen LogP contribution in [0, 0.1) is 0 Å². The molecule has 5 heteroatoms. The van der Waals surface area contributed by atoms with Gasteiger partial charge in [0.05, 0.1) is 12.4 Å². The van der Waals surface area contributed by atoms with Crippen molar-refractivity contribution in [3.8, 4) is 0 Å². The second-order valence-electron chi connectivity index (χ2n) is 2.42. The molecule has 74 valence electrons. The Hall–Kier alpha value is -0.130. The highest BCUT2D eigenvalue weighted by Crippen LogP contribution is 1.91. The molecule has 0 rings (SSSR count). The van der Waals surface area contributed by atoms with E-state index in [1.54, 1.807) is 6.92 Å². The third-order valence-corrected chi connectivity index (χ3v) is 3.21. The predicted octanol–water partition coefficient (Wildman–Crippen LogP) is 0.352. The normalized spacial score (nSPS) is 11.8.